The largest absolute Gasteiger partial charge is 0.508 e. The average Bonchev–Trinajstić information content (AvgIpc) is 2.53. The van der Waals surface area contributed by atoms with Crippen molar-refractivity contribution in [1.82, 2.24) is 5.32 Å². The summed E-state index contributed by atoms with van der Waals surface area (Å²) in [5.41, 5.74) is 0.886. The number of amides is 1. The van der Waals surface area contributed by atoms with Crippen LogP contribution in [0.25, 0.3) is 0 Å². The number of hydrogen-bond acceptors (Lipinski definition) is 5. The van der Waals surface area contributed by atoms with E-state index in [1.807, 2.05) is 0 Å². The van der Waals surface area contributed by atoms with Crippen LogP contribution in [-0.2, 0) is 11.3 Å². The highest BCUT2D eigenvalue weighted by Gasteiger charge is 2.12. The van der Waals surface area contributed by atoms with Gasteiger partial charge in [-0.1, -0.05) is 11.6 Å². The Kier molecular flexibility index (Phi) is 5.59. The highest BCUT2D eigenvalue weighted by Crippen LogP contribution is 2.23. The Bertz CT molecular complexity index is 779. The van der Waals surface area contributed by atoms with Gasteiger partial charge >= 0.3 is 0 Å². The molecule has 24 heavy (non-hydrogen) atoms. The van der Waals surface area contributed by atoms with Crippen LogP contribution in [0.5, 0.6) is 11.5 Å². The molecule has 0 aliphatic rings. The maximum atomic E-state index is 11.8. The number of ether oxygens (including phenoxy) is 1. The van der Waals surface area contributed by atoms with E-state index in [1.165, 1.54) is 18.2 Å². The molecule has 8 heteroatoms. The number of aryl methyl sites for hydroxylation is 1. The molecule has 2 aromatic carbocycles. The molecule has 0 atom stereocenters. The number of phenolic OH excluding ortho intramolecular Hbond substituents is 1. The van der Waals surface area contributed by atoms with Gasteiger partial charge in [-0.25, -0.2) is 0 Å². The molecule has 0 saturated carbocycles. The molecule has 2 aromatic rings. The number of non-ortho nitro benzene ring substituents is 1. The lowest BCUT2D eigenvalue weighted by Gasteiger charge is -2.10. The molecule has 0 radical (unpaired) electrons. The van der Waals surface area contributed by atoms with Gasteiger partial charge < -0.3 is 15.2 Å². The van der Waals surface area contributed by atoms with Gasteiger partial charge in [-0.15, -0.1) is 0 Å². The summed E-state index contributed by atoms with van der Waals surface area (Å²) in [6, 6.07) is 8.65. The fourth-order valence-corrected chi connectivity index (χ4v) is 2.22. The number of benzene rings is 2. The molecular weight excluding hydrogens is 336 g/mol. The topological polar surface area (TPSA) is 102 Å². The normalized spacial score (nSPS) is 10.2. The van der Waals surface area contributed by atoms with Crippen LogP contribution in [0, 0.1) is 17.0 Å². The van der Waals surface area contributed by atoms with Crippen molar-refractivity contribution in [2.24, 2.45) is 0 Å². The summed E-state index contributed by atoms with van der Waals surface area (Å²) in [7, 11) is 0. The molecule has 0 aliphatic heterocycles. The summed E-state index contributed by atoms with van der Waals surface area (Å²) in [4.78, 5) is 22.0. The van der Waals surface area contributed by atoms with Gasteiger partial charge in [0.1, 0.15) is 11.5 Å². The van der Waals surface area contributed by atoms with Crippen LogP contribution in [0.4, 0.5) is 5.69 Å². The summed E-state index contributed by atoms with van der Waals surface area (Å²) in [6.45, 7) is 1.54. The summed E-state index contributed by atoms with van der Waals surface area (Å²) < 4.78 is 5.39. The predicted molar refractivity (Wildman–Crippen MR) is 88.3 cm³/mol. The molecule has 0 aliphatic carbocycles. The van der Waals surface area contributed by atoms with E-state index in [4.69, 9.17) is 16.3 Å². The van der Waals surface area contributed by atoms with Crippen molar-refractivity contribution in [3.8, 4) is 11.5 Å². The lowest BCUT2D eigenvalue weighted by atomic mass is 10.2. The molecule has 7 nitrogen and oxygen atoms in total. The van der Waals surface area contributed by atoms with Gasteiger partial charge in [-0.3, -0.25) is 14.9 Å². The number of rotatable bonds is 6. The molecule has 1 amide bonds. The van der Waals surface area contributed by atoms with Crippen molar-refractivity contribution in [2.45, 2.75) is 13.5 Å². The first-order valence-electron chi connectivity index (χ1n) is 6.98. The van der Waals surface area contributed by atoms with Gasteiger partial charge in [0.15, 0.2) is 6.61 Å². The molecule has 126 valence electrons. The Morgan fingerprint density at radius 1 is 1.33 bits per heavy atom. The zero-order valence-electron chi connectivity index (χ0n) is 12.8. The van der Waals surface area contributed by atoms with Crippen LogP contribution in [0.15, 0.2) is 36.4 Å². The molecule has 0 unspecified atom stereocenters. The monoisotopic (exact) mass is 350 g/mol. The van der Waals surface area contributed by atoms with Gasteiger partial charge in [0.05, 0.1) is 4.92 Å². The van der Waals surface area contributed by atoms with Crippen LogP contribution in [0.3, 0.4) is 0 Å². The lowest BCUT2D eigenvalue weighted by Crippen LogP contribution is -2.28. The maximum Gasteiger partial charge on any atom is 0.270 e. The Hall–Kier alpha value is -2.80. The van der Waals surface area contributed by atoms with Crippen molar-refractivity contribution < 1.29 is 19.6 Å². The molecule has 0 fully saturated rings. The van der Waals surface area contributed by atoms with Gasteiger partial charge in [0.25, 0.3) is 11.6 Å². The standard InChI is InChI=1S/C16H15ClN2O5/c1-10-6-12(17)2-5-15(10)24-9-16(21)18-8-11-7-13(19(22)23)3-4-14(11)20/h2-7,20H,8-9H2,1H3,(H,18,21). The SMILES string of the molecule is Cc1cc(Cl)ccc1OCC(=O)NCc1cc([N+](=O)[O-])ccc1O. The van der Waals surface area contributed by atoms with Crippen molar-refractivity contribution in [1.29, 1.82) is 0 Å². The number of carbonyl (C=O) groups excluding carboxylic acids is 1. The number of nitrogens with zero attached hydrogens (tertiary/aromatic N) is 1. The van der Waals surface area contributed by atoms with Gasteiger partial charge in [0.2, 0.25) is 0 Å². The highest BCUT2D eigenvalue weighted by atomic mass is 35.5. The Morgan fingerprint density at radius 2 is 2.08 bits per heavy atom. The second-order valence-electron chi connectivity index (χ2n) is 5.05. The molecule has 0 heterocycles. The van der Waals surface area contributed by atoms with Crippen molar-refractivity contribution in [3.63, 3.8) is 0 Å². The van der Waals surface area contributed by atoms with Crippen molar-refractivity contribution >= 4 is 23.2 Å². The van der Waals surface area contributed by atoms with E-state index in [1.54, 1.807) is 25.1 Å². The first kappa shape index (κ1) is 17.6. The number of halogens is 1. The fraction of sp³-hybridized carbons (Fsp3) is 0.188. The van der Waals surface area contributed by atoms with E-state index in [0.29, 0.717) is 10.8 Å². The van der Waals surface area contributed by atoms with Gasteiger partial charge in [-0.2, -0.15) is 0 Å². The van der Waals surface area contributed by atoms with Crippen LogP contribution >= 0.6 is 11.6 Å². The minimum Gasteiger partial charge on any atom is -0.508 e. The van der Waals surface area contributed by atoms with E-state index in [-0.39, 0.29) is 30.2 Å². The number of carbonyl (C=O) groups is 1. The average molecular weight is 351 g/mol. The van der Waals surface area contributed by atoms with Crippen LogP contribution in [0.1, 0.15) is 11.1 Å². The lowest BCUT2D eigenvalue weighted by molar-refractivity contribution is -0.384. The smallest absolute Gasteiger partial charge is 0.270 e. The van der Waals surface area contributed by atoms with E-state index in [9.17, 15) is 20.0 Å². The molecule has 0 bridgehead atoms. The molecule has 2 N–H and O–H groups in total. The maximum absolute atomic E-state index is 11.8. The molecule has 2 rings (SSSR count). The summed E-state index contributed by atoms with van der Waals surface area (Å²) >= 11 is 5.84. The van der Waals surface area contributed by atoms with Crippen LogP contribution in [0.2, 0.25) is 5.02 Å². The zero-order chi connectivity index (χ0) is 17.7. The third-order valence-corrected chi connectivity index (χ3v) is 3.48. The minimum atomic E-state index is -0.572. The highest BCUT2D eigenvalue weighted by molar-refractivity contribution is 6.30. The Morgan fingerprint density at radius 3 is 2.75 bits per heavy atom. The van der Waals surface area contributed by atoms with Crippen molar-refractivity contribution in [3.05, 3.63) is 62.7 Å². The summed E-state index contributed by atoms with van der Waals surface area (Å²) in [6.07, 6.45) is 0. The summed E-state index contributed by atoms with van der Waals surface area (Å²) in [5, 5.41) is 23.5. The first-order chi connectivity index (χ1) is 11.4. The number of aromatic hydroxyl groups is 1. The number of phenols is 1. The van der Waals surface area contributed by atoms with Gasteiger partial charge in [-0.05, 0) is 36.8 Å². The second-order valence-corrected chi connectivity index (χ2v) is 5.48. The number of nitro groups is 1. The number of nitrogens with one attached hydrogen (secondary N) is 1. The first-order valence-corrected chi connectivity index (χ1v) is 7.36. The van der Waals surface area contributed by atoms with Crippen molar-refractivity contribution in [2.75, 3.05) is 6.61 Å². The van der Waals surface area contributed by atoms with Crippen LogP contribution < -0.4 is 10.1 Å². The minimum absolute atomic E-state index is 0.0463. The fourth-order valence-electron chi connectivity index (χ4n) is 1.99. The summed E-state index contributed by atoms with van der Waals surface area (Å²) in [5.74, 6) is -0.0154. The van der Waals surface area contributed by atoms with E-state index < -0.39 is 10.8 Å². The molecule has 0 saturated heterocycles. The van der Waals surface area contributed by atoms with E-state index >= 15 is 0 Å². The van der Waals surface area contributed by atoms with Crippen LogP contribution in [-0.4, -0.2) is 22.5 Å². The third-order valence-electron chi connectivity index (χ3n) is 3.25. The molecule has 0 aromatic heterocycles. The quantitative estimate of drug-likeness (QED) is 0.616. The number of nitro benzene ring substituents is 1. The second kappa shape index (κ2) is 7.65. The predicted octanol–water partition coefficient (Wildman–Crippen LogP) is 2.96. The molecular formula is C16H15ClN2O5. The van der Waals surface area contributed by atoms with E-state index in [0.717, 1.165) is 5.56 Å². The Balaban J connectivity index is 1.91. The zero-order valence-corrected chi connectivity index (χ0v) is 13.5. The molecule has 0 spiro atoms. The third kappa shape index (κ3) is 4.60. The van der Waals surface area contributed by atoms with Gasteiger partial charge in [0, 0.05) is 29.3 Å². The van der Waals surface area contributed by atoms with E-state index in [2.05, 4.69) is 5.32 Å². The Labute approximate surface area is 143 Å². The number of hydrogen-bond donors (Lipinski definition) is 2.